The molecule has 2 N–H and O–H groups in total. The third kappa shape index (κ3) is 2.25. The van der Waals surface area contributed by atoms with Crippen LogP contribution in [0.15, 0.2) is 40.3 Å². The largest absolute Gasteiger partial charge is 0.362 e. The number of rotatable bonds is 4. The number of nitrogen functional groups attached to an aromatic ring is 1. The highest BCUT2D eigenvalue weighted by atomic mass is 16.5. The van der Waals surface area contributed by atoms with E-state index in [2.05, 4.69) is 10.6 Å². The van der Waals surface area contributed by atoms with E-state index < -0.39 is 0 Å². The lowest BCUT2D eigenvalue weighted by Crippen LogP contribution is -2.31. The minimum atomic E-state index is -0.126. The van der Waals surface area contributed by atoms with Crippen molar-refractivity contribution < 1.29 is 9.20 Å². The normalized spacial score (nSPS) is 9.72. The van der Waals surface area contributed by atoms with E-state index in [1.54, 1.807) is 24.3 Å². The van der Waals surface area contributed by atoms with Crippen LogP contribution in [0, 0.1) is 16.2 Å². The molecule has 0 saturated carbocycles. The number of nitroso groups, excluding NO2 is 1. The third-order valence-electron chi connectivity index (χ3n) is 2.20. The Kier molecular flexibility index (Phi) is 3.15. The van der Waals surface area contributed by atoms with Crippen molar-refractivity contribution in [3.8, 4) is 11.8 Å². The van der Waals surface area contributed by atoms with Crippen LogP contribution in [0.25, 0.3) is 5.69 Å². The fourth-order valence-corrected chi connectivity index (χ4v) is 1.41. The van der Waals surface area contributed by atoms with Gasteiger partial charge >= 0.3 is 0 Å². The molecule has 1 heterocycles. The molecule has 0 radical (unpaired) electrons. The molecule has 1 aromatic heterocycles. The fraction of sp³-hybridized carbons (Fsp3) is 0.100. The summed E-state index contributed by atoms with van der Waals surface area (Å²) in [7, 11) is 0. The molecule has 8 heteroatoms. The number of nitrogens with two attached hydrogens (primary N) is 1. The summed E-state index contributed by atoms with van der Waals surface area (Å²) in [5.41, 5.74) is 6.54. The highest BCUT2D eigenvalue weighted by Crippen LogP contribution is 2.16. The molecule has 0 atom stereocenters. The average molecular weight is 245 g/mol. The van der Waals surface area contributed by atoms with Gasteiger partial charge in [-0.15, -0.1) is 4.91 Å². The van der Waals surface area contributed by atoms with Crippen molar-refractivity contribution in [3.63, 3.8) is 0 Å². The van der Waals surface area contributed by atoms with Crippen LogP contribution in [-0.2, 0) is 0 Å². The van der Waals surface area contributed by atoms with Crippen LogP contribution in [0.1, 0.15) is 0 Å². The van der Waals surface area contributed by atoms with Crippen LogP contribution in [0.3, 0.4) is 0 Å². The Morgan fingerprint density at radius 3 is 3.06 bits per heavy atom. The van der Waals surface area contributed by atoms with E-state index in [4.69, 9.17) is 15.5 Å². The summed E-state index contributed by atoms with van der Waals surface area (Å²) >= 11 is 0. The first-order valence-electron chi connectivity index (χ1n) is 4.97. The lowest BCUT2D eigenvalue weighted by atomic mass is 10.2. The summed E-state index contributed by atoms with van der Waals surface area (Å²) in [6.07, 6.45) is 1.49. The maximum Gasteiger partial charge on any atom is 0.293 e. The molecule has 0 saturated heterocycles. The Labute approximate surface area is 102 Å². The van der Waals surface area contributed by atoms with E-state index in [9.17, 15) is 4.91 Å². The van der Waals surface area contributed by atoms with Gasteiger partial charge in [0.15, 0.2) is 0 Å². The summed E-state index contributed by atoms with van der Waals surface area (Å²) < 4.78 is 6.14. The lowest BCUT2D eigenvalue weighted by Gasteiger charge is -2.09. The molecule has 90 valence electrons. The first-order valence-corrected chi connectivity index (χ1v) is 4.97. The van der Waals surface area contributed by atoms with Crippen molar-refractivity contribution in [3.05, 3.63) is 35.4 Å². The SMILES string of the molecule is N#CCN(N=O)c1cccc(-[n+]2cc(N)on2)c1. The van der Waals surface area contributed by atoms with Crippen molar-refractivity contribution in [2.24, 2.45) is 5.29 Å². The Morgan fingerprint density at radius 1 is 1.61 bits per heavy atom. The molecule has 0 unspecified atom stereocenters. The number of benzene rings is 1. The maximum absolute atomic E-state index is 10.6. The predicted molar refractivity (Wildman–Crippen MR) is 61.2 cm³/mol. The Hall–Kier alpha value is -2.95. The lowest BCUT2D eigenvalue weighted by molar-refractivity contribution is -0.670. The van der Waals surface area contributed by atoms with E-state index in [0.29, 0.717) is 11.4 Å². The number of nitrogens with zero attached hydrogens (tertiary/aromatic N) is 5. The quantitative estimate of drug-likeness (QED) is 0.364. The zero-order chi connectivity index (χ0) is 13.0. The van der Waals surface area contributed by atoms with Crippen LogP contribution < -0.4 is 15.4 Å². The van der Waals surface area contributed by atoms with Gasteiger partial charge in [-0.25, -0.2) is 5.01 Å². The number of aromatic nitrogens is 2. The second kappa shape index (κ2) is 4.92. The van der Waals surface area contributed by atoms with E-state index >= 15 is 0 Å². The molecule has 18 heavy (non-hydrogen) atoms. The van der Waals surface area contributed by atoms with E-state index in [-0.39, 0.29) is 12.4 Å². The minimum Gasteiger partial charge on any atom is -0.362 e. The highest BCUT2D eigenvalue weighted by Gasteiger charge is 2.15. The zero-order valence-corrected chi connectivity index (χ0v) is 9.22. The van der Waals surface area contributed by atoms with Gasteiger partial charge in [0.2, 0.25) is 11.0 Å². The summed E-state index contributed by atoms with van der Waals surface area (Å²) in [4.78, 5) is 10.6. The topological polar surface area (TPSA) is 112 Å². The van der Waals surface area contributed by atoms with Gasteiger partial charge in [-0.2, -0.15) is 5.26 Å². The molecule has 1 aromatic carbocycles. The molecular weight excluding hydrogens is 236 g/mol. The Morgan fingerprint density at radius 2 is 2.44 bits per heavy atom. The second-order valence-electron chi connectivity index (χ2n) is 3.37. The van der Waals surface area contributed by atoms with Crippen molar-refractivity contribution >= 4 is 11.6 Å². The summed E-state index contributed by atoms with van der Waals surface area (Å²) in [6.45, 7) is -0.126. The first kappa shape index (κ1) is 11.5. The maximum atomic E-state index is 10.6. The van der Waals surface area contributed by atoms with Gasteiger partial charge in [0.1, 0.15) is 6.54 Å². The Bertz CT molecular complexity index is 602. The van der Waals surface area contributed by atoms with Crippen LogP contribution >= 0.6 is 0 Å². The molecule has 0 aliphatic heterocycles. The molecule has 0 amide bonds. The van der Waals surface area contributed by atoms with Crippen LogP contribution in [0.5, 0.6) is 0 Å². The van der Waals surface area contributed by atoms with Gasteiger partial charge in [0.05, 0.1) is 17.0 Å². The van der Waals surface area contributed by atoms with Gasteiger partial charge in [-0.3, -0.25) is 4.52 Å². The van der Waals surface area contributed by atoms with Gasteiger partial charge in [-0.1, -0.05) is 6.07 Å². The number of hydrogen-bond donors (Lipinski definition) is 1. The summed E-state index contributed by atoms with van der Waals surface area (Å²) in [5, 5.41) is 16.1. The van der Waals surface area contributed by atoms with E-state index in [0.717, 1.165) is 5.01 Å². The van der Waals surface area contributed by atoms with Gasteiger partial charge < -0.3 is 5.73 Å². The van der Waals surface area contributed by atoms with Crippen molar-refractivity contribution in [1.29, 1.82) is 5.26 Å². The van der Waals surface area contributed by atoms with Crippen LogP contribution in [-0.4, -0.2) is 11.8 Å². The van der Waals surface area contributed by atoms with Gasteiger partial charge in [0, 0.05) is 12.1 Å². The number of anilines is 2. The van der Waals surface area contributed by atoms with Crippen LogP contribution in [0.2, 0.25) is 0 Å². The average Bonchev–Trinajstić information content (AvgIpc) is 2.83. The summed E-state index contributed by atoms with van der Waals surface area (Å²) in [5.74, 6) is 0.169. The third-order valence-corrected chi connectivity index (χ3v) is 2.20. The van der Waals surface area contributed by atoms with Crippen molar-refractivity contribution in [2.75, 3.05) is 17.3 Å². The smallest absolute Gasteiger partial charge is 0.293 e. The van der Waals surface area contributed by atoms with Gasteiger partial charge in [-0.05, 0) is 10.7 Å². The van der Waals surface area contributed by atoms with Crippen molar-refractivity contribution in [1.82, 2.24) is 5.27 Å². The fourth-order valence-electron chi connectivity index (χ4n) is 1.41. The molecule has 0 bridgehead atoms. The second-order valence-corrected chi connectivity index (χ2v) is 3.37. The Balaban J connectivity index is 2.36. The molecule has 2 rings (SSSR count). The van der Waals surface area contributed by atoms with Crippen LogP contribution in [0.4, 0.5) is 11.6 Å². The monoisotopic (exact) mass is 245 g/mol. The van der Waals surface area contributed by atoms with E-state index in [1.165, 1.54) is 10.9 Å². The predicted octanol–water partition coefficient (Wildman–Crippen LogP) is 0.545. The van der Waals surface area contributed by atoms with E-state index in [1.807, 2.05) is 6.07 Å². The molecule has 0 spiro atoms. The number of nitriles is 1. The zero-order valence-electron chi connectivity index (χ0n) is 9.22. The molecule has 0 fully saturated rings. The molecule has 2 aromatic rings. The van der Waals surface area contributed by atoms with Crippen molar-refractivity contribution in [2.45, 2.75) is 0 Å². The molecule has 0 aliphatic rings. The summed E-state index contributed by atoms with van der Waals surface area (Å²) in [6, 6.07) is 8.61. The number of hydrogen-bond acceptors (Lipinski definition) is 6. The minimum absolute atomic E-state index is 0.126. The highest BCUT2D eigenvalue weighted by molar-refractivity contribution is 5.50. The molecule has 8 nitrogen and oxygen atoms in total. The standard InChI is InChI=1S/C10H9N6O2/c11-4-5-15(13-17)8-2-1-3-9(6-8)16-7-10(12)18-14-16/h1-3,6-7H,5,12H2/q+1. The molecular formula is C10H9N6O2+. The van der Waals surface area contributed by atoms with Gasteiger partial charge in [0.25, 0.3) is 12.1 Å². The molecule has 0 aliphatic carbocycles. The first-order chi connectivity index (χ1) is 8.74.